The molecule has 2 atom stereocenters. The summed E-state index contributed by atoms with van der Waals surface area (Å²) in [5.41, 5.74) is 6.27. The molecule has 0 amide bonds. The Balaban J connectivity index is 3.28. The summed E-state index contributed by atoms with van der Waals surface area (Å²) >= 11 is 0. The van der Waals surface area contributed by atoms with Gasteiger partial charge in [0, 0.05) is 13.9 Å². The first-order chi connectivity index (χ1) is 15.7. The van der Waals surface area contributed by atoms with Crippen LogP contribution in [0.15, 0.2) is 0 Å². The van der Waals surface area contributed by atoms with Gasteiger partial charge in [-0.05, 0) is 19.0 Å². The van der Waals surface area contributed by atoms with Gasteiger partial charge in [-0.1, -0.05) is 162 Å². The van der Waals surface area contributed by atoms with Crippen molar-refractivity contribution in [3.8, 4) is 0 Å². The van der Waals surface area contributed by atoms with Gasteiger partial charge in [0.15, 0.2) is 0 Å². The second kappa shape index (κ2) is 27.6. The molecule has 0 aliphatic carbocycles. The Kier molecular flexibility index (Phi) is 27.9. The van der Waals surface area contributed by atoms with Crippen molar-refractivity contribution in [3.63, 3.8) is 0 Å². The first kappa shape index (κ1) is 32.4. The predicted molar refractivity (Wildman–Crippen MR) is 149 cm³/mol. The van der Waals surface area contributed by atoms with Crippen molar-refractivity contribution >= 4 is 8.15 Å². The Morgan fingerprint density at radius 2 is 0.750 bits per heavy atom. The third-order valence-corrected chi connectivity index (χ3v) is 8.78. The Hall–Kier alpha value is 0.350. The second-order valence-corrected chi connectivity index (χ2v) is 12.3. The van der Waals surface area contributed by atoms with E-state index in [2.05, 4.69) is 13.8 Å². The van der Waals surface area contributed by atoms with Crippen molar-refractivity contribution in [2.24, 2.45) is 5.73 Å². The Bertz CT molecular complexity index is 307. The summed E-state index contributed by atoms with van der Waals surface area (Å²) in [6, 6.07) is 0. The maximum atomic E-state index is 10.4. The molecule has 0 aromatic heterocycles. The molecule has 0 saturated heterocycles. The average Bonchev–Trinajstić information content (AvgIpc) is 2.80. The summed E-state index contributed by atoms with van der Waals surface area (Å²) in [6.07, 6.45) is 35.1. The topological polar surface area (TPSA) is 46.2 Å². The van der Waals surface area contributed by atoms with Gasteiger partial charge in [0.25, 0.3) is 0 Å². The largest absolute Gasteiger partial charge is 0.372 e. The SMILES string of the molecule is CCCCCCCCCCCCCCC(N)P(O)CCCCCCCCCCCCCC. The van der Waals surface area contributed by atoms with Gasteiger partial charge in [-0.15, -0.1) is 0 Å². The van der Waals surface area contributed by atoms with Gasteiger partial charge < -0.3 is 10.6 Å². The van der Waals surface area contributed by atoms with Crippen LogP contribution in [0.4, 0.5) is 0 Å². The predicted octanol–water partition coefficient (Wildman–Crippen LogP) is 10.5. The van der Waals surface area contributed by atoms with E-state index < -0.39 is 8.15 Å². The molecule has 0 aromatic carbocycles. The summed E-state index contributed by atoms with van der Waals surface area (Å²) in [6.45, 7) is 4.57. The zero-order chi connectivity index (χ0) is 23.5. The lowest BCUT2D eigenvalue weighted by Gasteiger charge is -2.18. The molecule has 0 rings (SSSR count). The number of unbranched alkanes of at least 4 members (excludes halogenated alkanes) is 22. The highest BCUT2D eigenvalue weighted by atomic mass is 31.1. The minimum Gasteiger partial charge on any atom is -0.372 e. The van der Waals surface area contributed by atoms with Crippen LogP contribution in [0.25, 0.3) is 0 Å². The molecule has 0 heterocycles. The number of hydrogen-bond donors (Lipinski definition) is 2. The third kappa shape index (κ3) is 25.0. The first-order valence-electron chi connectivity index (χ1n) is 14.9. The molecule has 0 spiro atoms. The number of rotatable bonds is 27. The van der Waals surface area contributed by atoms with E-state index in [1.54, 1.807) is 0 Å². The van der Waals surface area contributed by atoms with E-state index in [0.717, 1.165) is 12.6 Å². The number of nitrogens with two attached hydrogens (primary N) is 1. The fourth-order valence-corrected chi connectivity index (χ4v) is 5.98. The van der Waals surface area contributed by atoms with E-state index in [1.807, 2.05) is 0 Å². The highest BCUT2D eigenvalue weighted by Crippen LogP contribution is 2.37. The highest BCUT2D eigenvalue weighted by molar-refractivity contribution is 7.52. The summed E-state index contributed by atoms with van der Waals surface area (Å²) in [5.74, 6) is 0.0563. The molecule has 0 aliphatic heterocycles. The van der Waals surface area contributed by atoms with Crippen LogP contribution >= 0.6 is 8.15 Å². The number of hydrogen-bond acceptors (Lipinski definition) is 2. The maximum absolute atomic E-state index is 10.4. The zero-order valence-electron chi connectivity index (χ0n) is 22.4. The van der Waals surface area contributed by atoms with Gasteiger partial charge >= 0.3 is 0 Å². The summed E-state index contributed by atoms with van der Waals surface area (Å²) in [4.78, 5) is 10.4. The van der Waals surface area contributed by atoms with Gasteiger partial charge in [-0.3, -0.25) is 0 Å². The normalized spacial score (nSPS) is 13.5. The van der Waals surface area contributed by atoms with Crippen molar-refractivity contribution in [2.45, 2.75) is 180 Å². The van der Waals surface area contributed by atoms with E-state index in [4.69, 9.17) is 5.73 Å². The molecular formula is C29H62NOP. The molecule has 0 aliphatic rings. The lowest BCUT2D eigenvalue weighted by molar-refractivity contribution is 0.529. The van der Waals surface area contributed by atoms with Crippen molar-refractivity contribution in [1.29, 1.82) is 0 Å². The molecular weight excluding hydrogens is 409 g/mol. The van der Waals surface area contributed by atoms with E-state index in [-0.39, 0.29) is 5.78 Å². The van der Waals surface area contributed by atoms with Gasteiger partial charge in [-0.25, -0.2) is 0 Å². The van der Waals surface area contributed by atoms with Crippen molar-refractivity contribution in [2.75, 3.05) is 6.16 Å². The summed E-state index contributed by atoms with van der Waals surface area (Å²) < 4.78 is 0. The summed E-state index contributed by atoms with van der Waals surface area (Å²) in [5, 5.41) is 0. The standard InChI is InChI=1S/C29H62NOP/c1-3-5-7-9-11-13-15-17-19-21-23-25-27-29(30)32(31)28-26-24-22-20-18-16-14-12-10-8-6-4-2/h29,31H,3-28,30H2,1-2H3. The molecule has 0 aromatic rings. The fourth-order valence-electron chi connectivity index (χ4n) is 4.62. The van der Waals surface area contributed by atoms with Crippen LogP contribution in [0.3, 0.4) is 0 Å². The van der Waals surface area contributed by atoms with Crippen LogP contribution in [0.2, 0.25) is 0 Å². The third-order valence-electron chi connectivity index (χ3n) is 6.98. The Morgan fingerprint density at radius 3 is 1.09 bits per heavy atom. The Morgan fingerprint density at radius 1 is 0.469 bits per heavy atom. The van der Waals surface area contributed by atoms with E-state index in [0.29, 0.717) is 0 Å². The molecule has 2 unspecified atom stereocenters. The van der Waals surface area contributed by atoms with Gasteiger partial charge in [0.2, 0.25) is 0 Å². The van der Waals surface area contributed by atoms with E-state index in [1.165, 1.54) is 154 Å². The molecule has 0 saturated carbocycles. The smallest absolute Gasteiger partial charge is 0.0488 e. The highest BCUT2D eigenvalue weighted by Gasteiger charge is 2.13. The molecule has 2 nitrogen and oxygen atoms in total. The molecule has 32 heavy (non-hydrogen) atoms. The van der Waals surface area contributed by atoms with Crippen LogP contribution in [0.5, 0.6) is 0 Å². The van der Waals surface area contributed by atoms with E-state index >= 15 is 0 Å². The molecule has 3 heteroatoms. The van der Waals surface area contributed by atoms with Crippen LogP contribution < -0.4 is 5.73 Å². The second-order valence-electron chi connectivity index (χ2n) is 10.3. The van der Waals surface area contributed by atoms with Crippen LogP contribution in [-0.4, -0.2) is 16.8 Å². The van der Waals surface area contributed by atoms with Crippen molar-refractivity contribution < 1.29 is 4.89 Å². The maximum Gasteiger partial charge on any atom is 0.0488 e. The Labute approximate surface area is 205 Å². The van der Waals surface area contributed by atoms with E-state index in [9.17, 15) is 4.89 Å². The van der Waals surface area contributed by atoms with Gasteiger partial charge in [-0.2, -0.15) is 0 Å². The molecule has 3 N–H and O–H groups in total. The van der Waals surface area contributed by atoms with Crippen LogP contribution in [-0.2, 0) is 0 Å². The first-order valence-corrected chi connectivity index (χ1v) is 16.5. The average molecular weight is 472 g/mol. The summed E-state index contributed by atoms with van der Waals surface area (Å²) in [7, 11) is -0.941. The lowest BCUT2D eigenvalue weighted by Crippen LogP contribution is -2.18. The molecule has 0 radical (unpaired) electrons. The minimum absolute atomic E-state index is 0.0563. The van der Waals surface area contributed by atoms with Crippen molar-refractivity contribution in [3.05, 3.63) is 0 Å². The molecule has 0 fully saturated rings. The van der Waals surface area contributed by atoms with Crippen LogP contribution in [0, 0.1) is 0 Å². The van der Waals surface area contributed by atoms with Gasteiger partial charge in [0.1, 0.15) is 0 Å². The van der Waals surface area contributed by atoms with Crippen LogP contribution in [0.1, 0.15) is 174 Å². The monoisotopic (exact) mass is 471 g/mol. The van der Waals surface area contributed by atoms with Crippen molar-refractivity contribution in [1.82, 2.24) is 0 Å². The quantitative estimate of drug-likeness (QED) is 0.0924. The minimum atomic E-state index is -0.941. The molecule has 194 valence electrons. The molecule has 0 bridgehead atoms. The van der Waals surface area contributed by atoms with Gasteiger partial charge in [0.05, 0.1) is 0 Å². The zero-order valence-corrected chi connectivity index (χ0v) is 23.3. The fraction of sp³-hybridized carbons (Fsp3) is 1.00. The lowest BCUT2D eigenvalue weighted by atomic mass is 10.0.